The van der Waals surface area contributed by atoms with E-state index < -0.39 is 11.7 Å². The summed E-state index contributed by atoms with van der Waals surface area (Å²) in [6, 6.07) is 14.5. The molecule has 0 aliphatic rings. The highest BCUT2D eigenvalue weighted by molar-refractivity contribution is 7.17. The lowest BCUT2D eigenvalue weighted by Gasteiger charge is -2.20. The molecule has 0 atom stereocenters. The van der Waals surface area contributed by atoms with Crippen LogP contribution < -0.4 is 10.6 Å². The van der Waals surface area contributed by atoms with Crippen LogP contribution >= 0.6 is 11.3 Å². The van der Waals surface area contributed by atoms with Crippen molar-refractivity contribution >= 4 is 34.7 Å². The second kappa shape index (κ2) is 8.22. The predicted molar refractivity (Wildman–Crippen MR) is 112 cm³/mol. The molecule has 6 nitrogen and oxygen atoms in total. The van der Waals surface area contributed by atoms with Crippen molar-refractivity contribution in [3.8, 4) is 10.4 Å². The van der Waals surface area contributed by atoms with Crippen LogP contribution in [0.1, 0.15) is 30.4 Å². The molecule has 2 amide bonds. The quantitative estimate of drug-likeness (QED) is 0.619. The molecule has 0 aliphatic carbocycles. The third-order valence-corrected chi connectivity index (χ3v) is 4.74. The number of carbonyl (C=O) groups excluding carboxylic acids is 2. The topological polar surface area (TPSA) is 80.3 Å². The van der Waals surface area contributed by atoms with Crippen LogP contribution in [0.5, 0.6) is 0 Å². The molecule has 3 aromatic rings. The van der Waals surface area contributed by atoms with Crippen molar-refractivity contribution in [2.75, 3.05) is 10.6 Å². The molecule has 0 radical (unpaired) electrons. The summed E-state index contributed by atoms with van der Waals surface area (Å²) in [4.78, 5) is 30.3. The first-order chi connectivity index (χ1) is 13.3. The summed E-state index contributed by atoms with van der Waals surface area (Å²) in [5.74, 6) is -0.247. The number of para-hydroxylation sites is 2. The summed E-state index contributed by atoms with van der Waals surface area (Å²) < 4.78 is 5.27. The lowest BCUT2D eigenvalue weighted by molar-refractivity contribution is 0.0635. The fourth-order valence-electron chi connectivity index (χ4n) is 2.43. The zero-order chi connectivity index (χ0) is 20.1. The Morgan fingerprint density at radius 1 is 0.929 bits per heavy atom. The maximum absolute atomic E-state index is 12.7. The van der Waals surface area contributed by atoms with Crippen LogP contribution in [-0.2, 0) is 4.74 Å². The van der Waals surface area contributed by atoms with Crippen LogP contribution in [0.3, 0.4) is 0 Å². The van der Waals surface area contributed by atoms with Gasteiger partial charge < -0.3 is 10.1 Å². The van der Waals surface area contributed by atoms with Gasteiger partial charge in [-0.2, -0.15) is 0 Å². The number of ether oxygens (including phenoxy) is 1. The van der Waals surface area contributed by atoms with Gasteiger partial charge >= 0.3 is 6.09 Å². The molecule has 1 aromatic carbocycles. The lowest BCUT2D eigenvalue weighted by Crippen LogP contribution is -2.27. The standard InChI is InChI=1S/C21H21N3O3S/c1-21(2,3)27-20(26)24-16-7-5-4-6-15(16)23-19(25)18-9-8-17(28-18)14-10-12-22-13-11-14/h4-13H,1-3H3,(H,23,25)(H,24,26). The Bertz CT molecular complexity index is 978. The Kier molecular flexibility index (Phi) is 5.75. The monoisotopic (exact) mass is 395 g/mol. The average Bonchev–Trinajstić information content (AvgIpc) is 3.13. The smallest absolute Gasteiger partial charge is 0.412 e. The first-order valence-electron chi connectivity index (χ1n) is 8.72. The summed E-state index contributed by atoms with van der Waals surface area (Å²) in [5, 5.41) is 5.52. The first-order valence-corrected chi connectivity index (χ1v) is 9.54. The van der Waals surface area contributed by atoms with Crippen LogP contribution in [0.2, 0.25) is 0 Å². The Balaban J connectivity index is 1.73. The zero-order valence-corrected chi connectivity index (χ0v) is 16.7. The Morgan fingerprint density at radius 2 is 1.57 bits per heavy atom. The fraction of sp³-hybridized carbons (Fsp3) is 0.190. The molecule has 0 fully saturated rings. The van der Waals surface area contributed by atoms with Crippen LogP contribution in [0.4, 0.5) is 16.2 Å². The van der Waals surface area contributed by atoms with E-state index in [1.54, 1.807) is 63.5 Å². The van der Waals surface area contributed by atoms with Crippen molar-refractivity contribution in [2.24, 2.45) is 0 Å². The zero-order valence-electron chi connectivity index (χ0n) is 15.9. The second-order valence-corrected chi connectivity index (χ2v) is 8.11. The number of nitrogens with zero attached hydrogens (tertiary/aromatic N) is 1. The van der Waals surface area contributed by atoms with E-state index in [1.807, 2.05) is 18.2 Å². The Labute approximate surface area is 167 Å². The van der Waals surface area contributed by atoms with Crippen molar-refractivity contribution in [2.45, 2.75) is 26.4 Å². The molecule has 0 aliphatic heterocycles. The van der Waals surface area contributed by atoms with E-state index in [-0.39, 0.29) is 5.91 Å². The van der Waals surface area contributed by atoms with Crippen LogP contribution in [0.15, 0.2) is 60.9 Å². The fourth-order valence-corrected chi connectivity index (χ4v) is 3.34. The minimum Gasteiger partial charge on any atom is -0.444 e. The highest BCUT2D eigenvalue weighted by atomic mass is 32.1. The van der Waals surface area contributed by atoms with E-state index in [4.69, 9.17) is 4.74 Å². The van der Waals surface area contributed by atoms with Gasteiger partial charge in [-0.1, -0.05) is 12.1 Å². The van der Waals surface area contributed by atoms with Crippen molar-refractivity contribution in [1.82, 2.24) is 4.98 Å². The van der Waals surface area contributed by atoms with Crippen molar-refractivity contribution in [3.05, 3.63) is 65.8 Å². The summed E-state index contributed by atoms with van der Waals surface area (Å²) in [6.07, 6.45) is 2.85. The SMILES string of the molecule is CC(C)(C)OC(=O)Nc1ccccc1NC(=O)c1ccc(-c2ccncc2)s1. The van der Waals surface area contributed by atoms with Gasteiger partial charge in [0.25, 0.3) is 5.91 Å². The molecule has 0 saturated carbocycles. The molecule has 2 N–H and O–H groups in total. The number of pyridine rings is 1. The van der Waals surface area contributed by atoms with Gasteiger partial charge in [-0.3, -0.25) is 15.1 Å². The third-order valence-electron chi connectivity index (χ3n) is 3.61. The average molecular weight is 395 g/mol. The van der Waals surface area contributed by atoms with Gasteiger partial charge in [0, 0.05) is 17.3 Å². The van der Waals surface area contributed by atoms with Gasteiger partial charge in [0.1, 0.15) is 5.60 Å². The molecular weight excluding hydrogens is 374 g/mol. The number of hydrogen-bond acceptors (Lipinski definition) is 5. The lowest BCUT2D eigenvalue weighted by atomic mass is 10.2. The highest BCUT2D eigenvalue weighted by Gasteiger charge is 2.18. The number of hydrogen-bond donors (Lipinski definition) is 2. The number of amides is 2. The van der Waals surface area contributed by atoms with E-state index >= 15 is 0 Å². The number of thiophene rings is 1. The number of nitrogens with one attached hydrogen (secondary N) is 2. The van der Waals surface area contributed by atoms with Gasteiger partial charge in [-0.15, -0.1) is 11.3 Å². The van der Waals surface area contributed by atoms with Gasteiger partial charge in [-0.05, 0) is 62.7 Å². The molecular formula is C21H21N3O3S. The van der Waals surface area contributed by atoms with Crippen molar-refractivity contribution in [3.63, 3.8) is 0 Å². The maximum Gasteiger partial charge on any atom is 0.412 e. The Morgan fingerprint density at radius 3 is 2.21 bits per heavy atom. The summed E-state index contributed by atoms with van der Waals surface area (Å²) in [7, 11) is 0. The highest BCUT2D eigenvalue weighted by Crippen LogP contribution is 2.29. The molecule has 0 saturated heterocycles. The van der Waals surface area contributed by atoms with Crippen LogP contribution in [0.25, 0.3) is 10.4 Å². The number of aromatic nitrogens is 1. The normalized spacial score (nSPS) is 11.0. The number of benzene rings is 1. The van der Waals surface area contributed by atoms with Gasteiger partial charge in [0.05, 0.1) is 16.3 Å². The van der Waals surface area contributed by atoms with Gasteiger partial charge in [0.2, 0.25) is 0 Å². The molecule has 2 aromatic heterocycles. The summed E-state index contributed by atoms with van der Waals surface area (Å²) in [6.45, 7) is 5.37. The van der Waals surface area contributed by atoms with E-state index in [0.717, 1.165) is 10.4 Å². The molecule has 0 bridgehead atoms. The van der Waals surface area contributed by atoms with Gasteiger partial charge in [0.15, 0.2) is 0 Å². The van der Waals surface area contributed by atoms with E-state index in [2.05, 4.69) is 15.6 Å². The first kappa shape index (κ1) is 19.6. The van der Waals surface area contributed by atoms with Crippen molar-refractivity contribution < 1.29 is 14.3 Å². The molecule has 3 rings (SSSR count). The largest absolute Gasteiger partial charge is 0.444 e. The minimum absolute atomic E-state index is 0.247. The molecule has 7 heteroatoms. The summed E-state index contributed by atoms with van der Waals surface area (Å²) >= 11 is 1.39. The van der Waals surface area contributed by atoms with Crippen LogP contribution in [-0.4, -0.2) is 22.6 Å². The third kappa shape index (κ3) is 5.17. The molecule has 2 heterocycles. The predicted octanol–water partition coefficient (Wildman–Crippen LogP) is 5.41. The van der Waals surface area contributed by atoms with E-state index in [1.165, 1.54) is 11.3 Å². The van der Waals surface area contributed by atoms with Crippen molar-refractivity contribution in [1.29, 1.82) is 0 Å². The second-order valence-electron chi connectivity index (χ2n) is 7.03. The molecule has 28 heavy (non-hydrogen) atoms. The molecule has 0 spiro atoms. The van der Waals surface area contributed by atoms with E-state index in [9.17, 15) is 9.59 Å². The molecule has 0 unspecified atom stereocenters. The summed E-state index contributed by atoms with van der Waals surface area (Å²) in [5.41, 5.74) is 1.36. The Hall–Kier alpha value is -3.19. The maximum atomic E-state index is 12.7. The molecule has 144 valence electrons. The minimum atomic E-state index is -0.609. The number of carbonyl (C=O) groups is 2. The number of anilines is 2. The van der Waals surface area contributed by atoms with E-state index in [0.29, 0.717) is 16.3 Å². The number of rotatable bonds is 4. The van der Waals surface area contributed by atoms with Gasteiger partial charge in [-0.25, -0.2) is 4.79 Å². The van der Waals surface area contributed by atoms with Crippen LogP contribution in [0, 0.1) is 0 Å².